The van der Waals surface area contributed by atoms with Gasteiger partial charge in [0.1, 0.15) is 11.5 Å². The Bertz CT molecular complexity index is 2410. The SMILES string of the molecule is CC(C)(C)c1cc(C(C)(C)C)c2c(c1)[C@](O)(C(F)(F)F)C(=O)O2.C[C@H](c1cccc2ccccc12)N1C(=O)O[C@@](c2cc(C(C)(C)C)cc(C(C)(C)C)c2O)(C(F)(F)F)C1=O. The second-order valence-corrected chi connectivity index (χ2v) is 19.9. The van der Waals surface area contributed by atoms with Gasteiger partial charge in [0.15, 0.2) is 0 Å². The van der Waals surface area contributed by atoms with Crippen LogP contribution in [0.25, 0.3) is 10.8 Å². The van der Waals surface area contributed by atoms with Crippen molar-refractivity contribution in [3.8, 4) is 11.5 Å². The van der Waals surface area contributed by atoms with E-state index >= 15 is 13.2 Å². The highest BCUT2D eigenvalue weighted by molar-refractivity contribution is 6.05. The van der Waals surface area contributed by atoms with Gasteiger partial charge in [-0.2, -0.15) is 26.3 Å². The van der Waals surface area contributed by atoms with Crippen LogP contribution in [0.1, 0.15) is 135 Å². The molecule has 61 heavy (non-hydrogen) atoms. The van der Waals surface area contributed by atoms with E-state index in [9.17, 15) is 37.8 Å². The summed E-state index contributed by atoms with van der Waals surface area (Å²) in [7, 11) is 0. The van der Waals surface area contributed by atoms with Crippen molar-refractivity contribution in [1.29, 1.82) is 0 Å². The molecule has 2 amide bonds. The molecule has 0 aliphatic carbocycles. The Morgan fingerprint density at radius 3 is 1.62 bits per heavy atom. The largest absolute Gasteiger partial charge is 0.507 e. The van der Waals surface area contributed by atoms with Crippen molar-refractivity contribution < 1.29 is 60.4 Å². The molecule has 2 heterocycles. The molecular formula is C47H53F6NO7. The summed E-state index contributed by atoms with van der Waals surface area (Å²) in [5.41, 5.74) is -8.79. The Morgan fingerprint density at radius 2 is 1.13 bits per heavy atom. The number of halogens is 6. The van der Waals surface area contributed by atoms with E-state index in [1.165, 1.54) is 13.0 Å². The number of phenols is 1. The highest BCUT2D eigenvalue weighted by Gasteiger charge is 2.73. The van der Waals surface area contributed by atoms with E-state index in [0.29, 0.717) is 32.5 Å². The monoisotopic (exact) mass is 857 g/mol. The van der Waals surface area contributed by atoms with E-state index < -0.39 is 86.1 Å². The number of fused-ring (bicyclic) bond motifs is 2. The van der Waals surface area contributed by atoms with Gasteiger partial charge in [-0.15, -0.1) is 0 Å². The zero-order chi connectivity index (χ0) is 46.4. The summed E-state index contributed by atoms with van der Waals surface area (Å²) in [4.78, 5) is 39.4. The van der Waals surface area contributed by atoms with Gasteiger partial charge in [0.2, 0.25) is 0 Å². The van der Waals surface area contributed by atoms with Gasteiger partial charge >= 0.3 is 30.0 Å². The molecule has 2 aliphatic heterocycles. The first kappa shape index (κ1) is 46.9. The van der Waals surface area contributed by atoms with Crippen LogP contribution < -0.4 is 4.74 Å². The minimum absolute atomic E-state index is 0.185. The Kier molecular flexibility index (Phi) is 11.4. The smallest absolute Gasteiger partial charge is 0.442 e. The van der Waals surface area contributed by atoms with Gasteiger partial charge in [0.25, 0.3) is 11.5 Å². The number of phenolic OH excluding ortho intramolecular Hbond substituents is 1. The molecule has 0 unspecified atom stereocenters. The lowest BCUT2D eigenvalue weighted by molar-refractivity contribution is -0.258. The number of rotatable bonds is 3. The maximum Gasteiger partial charge on any atom is 0.442 e. The number of carbonyl (C=O) groups excluding carboxylic acids is 3. The molecule has 3 atom stereocenters. The Balaban J connectivity index is 0.000000262. The molecular weight excluding hydrogens is 805 g/mol. The summed E-state index contributed by atoms with van der Waals surface area (Å²) in [6.45, 7) is 23.2. The molecule has 0 radical (unpaired) electrons. The minimum atomic E-state index is -5.35. The number of ether oxygens (including phenoxy) is 2. The number of aliphatic hydroxyl groups is 1. The summed E-state index contributed by atoms with van der Waals surface area (Å²) in [5, 5.41) is 22.9. The molecule has 1 saturated heterocycles. The van der Waals surface area contributed by atoms with Crippen LogP contribution in [0.2, 0.25) is 0 Å². The van der Waals surface area contributed by atoms with Crippen molar-refractivity contribution in [3.63, 3.8) is 0 Å². The maximum atomic E-state index is 15.0. The molecule has 0 bridgehead atoms. The van der Waals surface area contributed by atoms with Crippen LogP contribution in [0.4, 0.5) is 31.1 Å². The normalized spacial score (nSPS) is 20.6. The number of cyclic esters (lactones) is 1. The zero-order valence-corrected chi connectivity index (χ0v) is 36.6. The first-order valence-electron chi connectivity index (χ1n) is 19.7. The van der Waals surface area contributed by atoms with Crippen molar-refractivity contribution in [2.75, 3.05) is 0 Å². The molecule has 1 fully saturated rings. The number of carbonyl (C=O) groups is 3. The molecule has 330 valence electrons. The van der Waals surface area contributed by atoms with Crippen LogP contribution in [0.5, 0.6) is 11.5 Å². The lowest BCUT2D eigenvalue weighted by Crippen LogP contribution is -2.50. The molecule has 0 spiro atoms. The van der Waals surface area contributed by atoms with Gasteiger partial charge < -0.3 is 19.7 Å². The minimum Gasteiger partial charge on any atom is -0.507 e. The molecule has 4 aromatic rings. The van der Waals surface area contributed by atoms with Crippen LogP contribution in [-0.2, 0) is 47.2 Å². The molecule has 0 saturated carbocycles. The van der Waals surface area contributed by atoms with Crippen molar-refractivity contribution in [2.24, 2.45) is 0 Å². The van der Waals surface area contributed by atoms with Crippen molar-refractivity contribution in [1.82, 2.24) is 4.90 Å². The van der Waals surface area contributed by atoms with Crippen LogP contribution in [-0.4, -0.2) is 45.4 Å². The van der Waals surface area contributed by atoms with E-state index in [1.54, 1.807) is 57.2 Å². The van der Waals surface area contributed by atoms with Gasteiger partial charge in [-0.3, -0.25) is 4.79 Å². The first-order chi connectivity index (χ1) is 27.5. The Morgan fingerprint density at radius 1 is 0.639 bits per heavy atom. The second kappa shape index (κ2) is 14.8. The topological polar surface area (TPSA) is 113 Å². The number of alkyl halides is 6. The van der Waals surface area contributed by atoms with Crippen molar-refractivity contribution in [2.45, 2.75) is 141 Å². The summed E-state index contributed by atoms with van der Waals surface area (Å²) in [6.07, 6.45) is -11.9. The lowest BCUT2D eigenvalue weighted by Gasteiger charge is -2.33. The molecule has 0 aromatic heterocycles. The first-order valence-corrected chi connectivity index (χ1v) is 19.7. The fourth-order valence-corrected chi connectivity index (χ4v) is 7.52. The summed E-state index contributed by atoms with van der Waals surface area (Å²) < 4.78 is 95.1. The van der Waals surface area contributed by atoms with Gasteiger partial charge in [0, 0.05) is 11.1 Å². The lowest BCUT2D eigenvalue weighted by atomic mass is 9.76. The second-order valence-electron chi connectivity index (χ2n) is 19.9. The standard InChI is InChI=1S/C30H32F3NO4.C17H21F3O3/c1-17(20-14-10-12-18-11-8-9-13-21(18)20)34-25(36)29(30(31,32)33,38-26(34)37)23-16-19(27(2,3)4)15-22(24(23)35)28(5,6)7;1-14(2,3)9-7-10(15(4,5)6)12-11(8-9)16(22,13(21)23-12)17(18,19)20/h8-17,35H,1-7H3;7-8,22H,1-6H3/t17-,29-;16-/m11/s1. The number of hydrogen-bond donors (Lipinski definition) is 2. The number of imide groups is 1. The number of benzene rings is 4. The third-order valence-corrected chi connectivity index (χ3v) is 11.2. The molecule has 6 rings (SSSR count). The van der Waals surface area contributed by atoms with E-state index in [0.717, 1.165) is 11.5 Å². The maximum absolute atomic E-state index is 15.0. The van der Waals surface area contributed by atoms with E-state index in [-0.39, 0.29) is 11.3 Å². The zero-order valence-electron chi connectivity index (χ0n) is 36.6. The fourth-order valence-electron chi connectivity index (χ4n) is 7.52. The Hall–Kier alpha value is -5.11. The average Bonchev–Trinajstić information content (AvgIpc) is 3.54. The Labute approximate surface area is 351 Å². The highest BCUT2D eigenvalue weighted by atomic mass is 19.4. The van der Waals surface area contributed by atoms with Crippen LogP contribution in [0, 0.1) is 0 Å². The van der Waals surface area contributed by atoms with Crippen molar-refractivity contribution in [3.05, 3.63) is 106 Å². The van der Waals surface area contributed by atoms with Crippen LogP contribution in [0.15, 0.2) is 66.7 Å². The van der Waals surface area contributed by atoms with Gasteiger partial charge in [0.05, 0.1) is 11.6 Å². The van der Waals surface area contributed by atoms with Gasteiger partial charge in [-0.1, -0.05) is 138 Å². The summed E-state index contributed by atoms with van der Waals surface area (Å²) in [5.74, 6) is -4.19. The fraction of sp³-hybridized carbons (Fsp3) is 0.468. The van der Waals surface area contributed by atoms with Crippen LogP contribution in [0.3, 0.4) is 0 Å². The van der Waals surface area contributed by atoms with E-state index in [2.05, 4.69) is 0 Å². The summed E-state index contributed by atoms with van der Waals surface area (Å²) in [6, 6.07) is 17.1. The number of esters is 1. The number of nitrogens with zero attached hydrogens (tertiary/aromatic N) is 1. The molecule has 8 nitrogen and oxygen atoms in total. The number of hydrogen-bond acceptors (Lipinski definition) is 7. The van der Waals surface area contributed by atoms with Gasteiger partial charge in [-0.25, -0.2) is 14.5 Å². The van der Waals surface area contributed by atoms with Crippen LogP contribution >= 0.6 is 0 Å². The number of amides is 2. The predicted molar refractivity (Wildman–Crippen MR) is 218 cm³/mol. The molecule has 2 N–H and O–H groups in total. The van der Waals surface area contributed by atoms with E-state index in [1.807, 2.05) is 80.5 Å². The molecule has 14 heteroatoms. The predicted octanol–water partition coefficient (Wildman–Crippen LogP) is 11.6. The third kappa shape index (κ3) is 7.96. The quantitative estimate of drug-likeness (QED) is 0.120. The van der Waals surface area contributed by atoms with Crippen molar-refractivity contribution >= 4 is 28.7 Å². The third-order valence-electron chi connectivity index (χ3n) is 11.2. The number of aromatic hydroxyl groups is 1. The molecule has 2 aliphatic rings. The molecule has 4 aromatic carbocycles. The summed E-state index contributed by atoms with van der Waals surface area (Å²) >= 11 is 0. The average molecular weight is 858 g/mol. The van der Waals surface area contributed by atoms with Gasteiger partial charge in [-0.05, 0) is 73.7 Å². The highest BCUT2D eigenvalue weighted by Crippen LogP contribution is 2.55. The van der Waals surface area contributed by atoms with E-state index in [4.69, 9.17) is 9.47 Å².